The van der Waals surface area contributed by atoms with Crippen LogP contribution in [0.4, 0.5) is 0 Å². The van der Waals surface area contributed by atoms with Crippen LogP contribution in [0.2, 0.25) is 0 Å². The van der Waals surface area contributed by atoms with Crippen LogP contribution >= 0.6 is 0 Å². The molecule has 5 aromatic heterocycles. The highest BCUT2D eigenvalue weighted by atomic mass is 15.4. The van der Waals surface area contributed by atoms with E-state index < -0.39 is 0 Å². The Kier molecular flexibility index (Phi) is 45.1. The third-order valence-corrected chi connectivity index (χ3v) is 15.2. The molecule has 5 heterocycles. The first-order valence-corrected chi connectivity index (χ1v) is 34.8. The molecule has 85 heavy (non-hydrogen) atoms. The van der Waals surface area contributed by atoms with Crippen LogP contribution in [0.25, 0.3) is 0 Å². The third-order valence-electron chi connectivity index (χ3n) is 15.2. The van der Waals surface area contributed by atoms with Gasteiger partial charge in [-0.15, -0.1) is 25.5 Å². The maximum atomic E-state index is 4.18. The molecular formula is C70H135N15. The molecule has 0 spiro atoms. The Labute approximate surface area is 523 Å². The van der Waals surface area contributed by atoms with Gasteiger partial charge in [0.25, 0.3) is 0 Å². The van der Waals surface area contributed by atoms with Crippen molar-refractivity contribution in [3.63, 3.8) is 0 Å². The molecule has 0 bridgehead atoms. The topological polar surface area (TPSA) is 154 Å². The zero-order chi connectivity index (χ0) is 63.4. The molecule has 0 amide bonds. The maximum absolute atomic E-state index is 4.18. The molecule has 0 saturated carbocycles. The van der Waals surface area contributed by atoms with E-state index in [-0.39, 0.29) is 0 Å². The summed E-state index contributed by atoms with van der Waals surface area (Å²) in [6.45, 7) is 50.5. The summed E-state index contributed by atoms with van der Waals surface area (Å²) in [6, 6.07) is 0. The van der Waals surface area contributed by atoms with Crippen molar-refractivity contribution in [1.29, 1.82) is 0 Å². The first-order chi connectivity index (χ1) is 40.5. The molecule has 5 rings (SSSR count). The summed E-state index contributed by atoms with van der Waals surface area (Å²) in [4.78, 5) is 0. The monoisotopic (exact) mass is 1190 g/mol. The van der Waals surface area contributed by atoms with Gasteiger partial charge in [-0.2, -0.15) is 0 Å². The van der Waals surface area contributed by atoms with Crippen LogP contribution < -0.4 is 0 Å². The number of hydrogen-bond acceptors (Lipinski definition) is 10. The van der Waals surface area contributed by atoms with Gasteiger partial charge in [0.2, 0.25) is 0 Å². The Balaban J connectivity index is 0.000000531. The normalized spacial score (nSPS) is 11.6. The van der Waals surface area contributed by atoms with Crippen molar-refractivity contribution >= 4 is 0 Å². The number of nitrogens with zero attached hydrogens (tertiary/aromatic N) is 15. The van der Waals surface area contributed by atoms with Crippen molar-refractivity contribution in [3.05, 3.63) is 59.5 Å². The lowest BCUT2D eigenvalue weighted by atomic mass is 10.1. The molecule has 5 aromatic rings. The molecule has 0 N–H and O–H groups in total. The van der Waals surface area contributed by atoms with Crippen LogP contribution in [0.1, 0.15) is 295 Å². The quantitative estimate of drug-likeness (QED) is 0.0346. The van der Waals surface area contributed by atoms with E-state index in [1.54, 1.807) is 0 Å². The highest BCUT2D eigenvalue weighted by Crippen LogP contribution is 2.17. The SMILES string of the molecule is CC(C)CCCCCn1nncc1CC(C)C.CC(C)CCCCCn1nncc1CC(C)C.CC(C)CCCCn1nncc1CCC(C)C.CC(C)CCCCn1nncc1CCC(C)C.CC(C)CCCc1cnnn1CCCC(C)C. The predicted octanol–water partition coefficient (Wildman–Crippen LogP) is 18.5. The highest BCUT2D eigenvalue weighted by Gasteiger charge is 2.11. The van der Waals surface area contributed by atoms with Crippen molar-refractivity contribution in [2.24, 2.45) is 59.2 Å². The minimum atomic E-state index is 0.674. The van der Waals surface area contributed by atoms with Gasteiger partial charge in [-0.3, -0.25) is 0 Å². The Hall–Kier alpha value is -4.30. The molecule has 0 fully saturated rings. The van der Waals surface area contributed by atoms with Gasteiger partial charge in [-0.05, 0) is 149 Å². The minimum Gasteiger partial charge on any atom is -0.249 e. The first kappa shape index (κ1) is 78.7. The zero-order valence-corrected chi connectivity index (χ0v) is 59.1. The number of hydrogen-bond donors (Lipinski definition) is 0. The largest absolute Gasteiger partial charge is 0.249 e. The van der Waals surface area contributed by atoms with Crippen LogP contribution in [0.3, 0.4) is 0 Å². The fraction of sp³-hybridized carbons (Fsp3) is 0.857. The summed E-state index contributed by atoms with van der Waals surface area (Å²) in [5.41, 5.74) is 6.45. The molecule has 15 heteroatoms. The van der Waals surface area contributed by atoms with Crippen LogP contribution in [-0.2, 0) is 64.8 Å². The summed E-state index contributed by atoms with van der Waals surface area (Å²) in [7, 11) is 0. The molecule has 490 valence electrons. The van der Waals surface area contributed by atoms with Crippen molar-refractivity contribution in [3.8, 4) is 0 Å². The first-order valence-electron chi connectivity index (χ1n) is 34.8. The molecular weight excluding hydrogens is 1050 g/mol. The van der Waals surface area contributed by atoms with E-state index in [0.29, 0.717) is 11.8 Å². The van der Waals surface area contributed by atoms with Gasteiger partial charge in [-0.1, -0.05) is 235 Å². The van der Waals surface area contributed by atoms with Gasteiger partial charge in [0.1, 0.15) is 0 Å². The highest BCUT2D eigenvalue weighted by molar-refractivity contribution is 4.97. The van der Waals surface area contributed by atoms with Crippen LogP contribution in [0.5, 0.6) is 0 Å². The average molecular weight is 1190 g/mol. The lowest BCUT2D eigenvalue weighted by molar-refractivity contribution is 0.466. The summed E-state index contributed by atoms with van der Waals surface area (Å²) >= 11 is 0. The summed E-state index contributed by atoms with van der Waals surface area (Å²) in [5, 5.41) is 41.0. The predicted molar refractivity (Wildman–Crippen MR) is 359 cm³/mol. The number of aryl methyl sites for hydroxylation is 8. The summed E-state index contributed by atoms with van der Waals surface area (Å²) < 4.78 is 10.4. The van der Waals surface area contributed by atoms with Gasteiger partial charge in [0, 0.05) is 32.7 Å². The Morgan fingerprint density at radius 3 is 0.741 bits per heavy atom. The molecule has 0 aromatic carbocycles. The Bertz CT molecular complexity index is 2080. The number of aromatic nitrogens is 15. The van der Waals surface area contributed by atoms with Crippen molar-refractivity contribution < 1.29 is 0 Å². The molecule has 15 nitrogen and oxygen atoms in total. The summed E-state index contributed by atoms with van der Waals surface area (Å²) in [6.07, 6.45) is 40.6. The van der Waals surface area contributed by atoms with Gasteiger partial charge in [-0.25, -0.2) is 23.4 Å². The lowest BCUT2D eigenvalue weighted by Gasteiger charge is -2.08. The summed E-state index contributed by atoms with van der Waals surface area (Å²) in [5.74, 6) is 7.70. The molecule has 0 aliphatic rings. The van der Waals surface area contributed by atoms with Gasteiger partial charge in [0.15, 0.2) is 0 Å². The van der Waals surface area contributed by atoms with E-state index in [0.717, 1.165) is 112 Å². The molecule has 0 aliphatic carbocycles. The van der Waals surface area contributed by atoms with Crippen LogP contribution in [0, 0.1) is 59.2 Å². The van der Waals surface area contributed by atoms with Crippen LogP contribution in [0.15, 0.2) is 31.0 Å². The fourth-order valence-corrected chi connectivity index (χ4v) is 9.89. The average Bonchev–Trinajstić information content (AvgIpc) is 4.52. The smallest absolute Gasteiger partial charge is 0.0725 e. The fourth-order valence-electron chi connectivity index (χ4n) is 9.89. The van der Waals surface area contributed by atoms with E-state index in [4.69, 9.17) is 0 Å². The molecule has 0 saturated heterocycles. The second-order valence-electron chi connectivity index (χ2n) is 28.9. The molecule has 0 radical (unpaired) electrons. The van der Waals surface area contributed by atoms with E-state index >= 15 is 0 Å². The number of rotatable bonds is 40. The maximum Gasteiger partial charge on any atom is 0.0725 e. The lowest BCUT2D eigenvalue weighted by Crippen LogP contribution is -2.07. The molecule has 0 atom stereocenters. The number of unbranched alkanes of at least 4 members (excludes halogenated alkanes) is 6. The molecule has 0 aliphatic heterocycles. The molecule has 0 unspecified atom stereocenters. The van der Waals surface area contributed by atoms with Crippen LogP contribution in [-0.4, -0.2) is 75.0 Å². The van der Waals surface area contributed by atoms with E-state index in [1.165, 1.54) is 157 Å². The second-order valence-corrected chi connectivity index (χ2v) is 28.9. The van der Waals surface area contributed by atoms with E-state index in [9.17, 15) is 0 Å². The van der Waals surface area contributed by atoms with E-state index in [1.807, 2.05) is 31.0 Å². The van der Waals surface area contributed by atoms with Gasteiger partial charge >= 0.3 is 0 Å². The van der Waals surface area contributed by atoms with Crippen molar-refractivity contribution in [1.82, 2.24) is 75.0 Å². The zero-order valence-electron chi connectivity index (χ0n) is 59.1. The minimum absolute atomic E-state index is 0.674. The van der Waals surface area contributed by atoms with Crippen molar-refractivity contribution in [2.45, 2.75) is 332 Å². The van der Waals surface area contributed by atoms with Gasteiger partial charge in [0.05, 0.1) is 59.5 Å². The van der Waals surface area contributed by atoms with Gasteiger partial charge < -0.3 is 0 Å². The van der Waals surface area contributed by atoms with E-state index in [2.05, 4.69) is 213 Å². The second kappa shape index (κ2) is 48.7. The third kappa shape index (κ3) is 43.1. The van der Waals surface area contributed by atoms with Crippen molar-refractivity contribution in [2.75, 3.05) is 0 Å². The Morgan fingerprint density at radius 1 is 0.224 bits per heavy atom. The standard InChI is InChI=1S/5C14H27N3/c1-12(2)7-5-9-14-11-15-16-17(14)10-6-8-13(3)4;2*1-12(2)7-5-6-10-17-14(11-15-16-17)9-8-13(3)4;2*1-12(2)8-6-5-7-9-17-14(10-13(3)4)11-15-16-17/h5*11-13H,5-10H2,1-4H3. The Morgan fingerprint density at radius 2 is 0.447 bits per heavy atom.